The number of unbranched alkanes of at least 4 members (excludes halogenated alkanes) is 1. The van der Waals surface area contributed by atoms with E-state index < -0.39 is 10.0 Å². The summed E-state index contributed by atoms with van der Waals surface area (Å²) in [6, 6.07) is 0. The fraction of sp³-hybridized carbons (Fsp3) is 0.722. The van der Waals surface area contributed by atoms with E-state index in [2.05, 4.69) is 20.2 Å². The predicted molar refractivity (Wildman–Crippen MR) is 108 cm³/mol. The summed E-state index contributed by atoms with van der Waals surface area (Å²) in [7, 11) is -3.15. The van der Waals surface area contributed by atoms with Crippen LogP contribution in [0.25, 0.3) is 0 Å². The maximum absolute atomic E-state index is 12.2. The number of nitrogens with one attached hydrogen (secondary N) is 2. The van der Waals surface area contributed by atoms with Crippen molar-refractivity contribution >= 4 is 15.9 Å². The number of hydrogen-bond donors (Lipinski definition) is 2. The molecule has 1 aromatic heterocycles. The lowest BCUT2D eigenvalue weighted by molar-refractivity contribution is -0.120. The van der Waals surface area contributed by atoms with Gasteiger partial charge in [-0.25, -0.2) is 13.4 Å². The normalized spacial score (nSPS) is 16.2. The molecule has 1 fully saturated rings. The largest absolute Gasteiger partial charge is 0.354 e. The van der Waals surface area contributed by atoms with Crippen molar-refractivity contribution in [2.24, 2.45) is 0 Å². The van der Waals surface area contributed by atoms with Gasteiger partial charge in [-0.05, 0) is 20.3 Å². The fourth-order valence-electron chi connectivity index (χ4n) is 3.13. The zero-order chi connectivity index (χ0) is 20.7. The lowest BCUT2D eigenvalue weighted by Gasteiger charge is -2.34. The Labute approximate surface area is 166 Å². The zero-order valence-corrected chi connectivity index (χ0v) is 17.8. The van der Waals surface area contributed by atoms with Crippen LogP contribution in [0.1, 0.15) is 36.8 Å². The van der Waals surface area contributed by atoms with E-state index in [9.17, 15) is 18.0 Å². The van der Waals surface area contributed by atoms with Gasteiger partial charge in [0.2, 0.25) is 15.9 Å². The van der Waals surface area contributed by atoms with Crippen molar-refractivity contribution in [3.05, 3.63) is 27.4 Å². The summed E-state index contributed by atoms with van der Waals surface area (Å²) in [5, 5.41) is 2.85. The Morgan fingerprint density at radius 3 is 2.54 bits per heavy atom. The molecule has 9 nitrogen and oxygen atoms in total. The molecule has 0 aliphatic carbocycles. The number of nitrogens with zero attached hydrogens (tertiary/aromatic N) is 3. The first-order chi connectivity index (χ1) is 13.2. The van der Waals surface area contributed by atoms with Gasteiger partial charge in [0.1, 0.15) is 5.82 Å². The number of aromatic amines is 1. The molecule has 1 amide bonds. The number of H-pyrrole nitrogens is 1. The summed E-state index contributed by atoms with van der Waals surface area (Å²) >= 11 is 0. The number of aryl methyl sites for hydroxylation is 1. The van der Waals surface area contributed by atoms with Crippen LogP contribution in [0.4, 0.5) is 0 Å². The number of aromatic nitrogens is 2. The Bertz CT molecular complexity index is 829. The van der Waals surface area contributed by atoms with Crippen molar-refractivity contribution in [1.82, 2.24) is 24.5 Å². The third-order valence-corrected chi connectivity index (χ3v) is 6.89. The Morgan fingerprint density at radius 2 is 1.89 bits per heavy atom. The molecule has 0 unspecified atom stereocenters. The molecule has 1 saturated heterocycles. The summed E-state index contributed by atoms with van der Waals surface area (Å²) in [6.45, 7) is 8.77. The molecule has 0 spiro atoms. The molecule has 1 aliphatic heterocycles. The van der Waals surface area contributed by atoms with Gasteiger partial charge in [-0.3, -0.25) is 14.5 Å². The summed E-state index contributed by atoms with van der Waals surface area (Å²) in [5.41, 5.74) is 0.730. The van der Waals surface area contributed by atoms with E-state index in [0.717, 1.165) is 6.42 Å². The second-order valence-electron chi connectivity index (χ2n) is 7.16. The lowest BCUT2D eigenvalue weighted by Crippen LogP contribution is -2.50. The van der Waals surface area contributed by atoms with Crippen LogP contribution in [0.5, 0.6) is 0 Å². The first-order valence-electron chi connectivity index (χ1n) is 9.76. The van der Waals surface area contributed by atoms with Gasteiger partial charge < -0.3 is 10.3 Å². The van der Waals surface area contributed by atoms with Crippen molar-refractivity contribution in [2.75, 3.05) is 45.0 Å². The fourth-order valence-corrected chi connectivity index (χ4v) is 4.76. The van der Waals surface area contributed by atoms with Crippen molar-refractivity contribution in [3.8, 4) is 0 Å². The minimum absolute atomic E-state index is 0.0695. The molecular formula is C18H31N5O4S. The van der Waals surface area contributed by atoms with Gasteiger partial charge in [0.25, 0.3) is 5.56 Å². The molecule has 10 heteroatoms. The monoisotopic (exact) mass is 413 g/mol. The molecule has 0 saturated carbocycles. The molecule has 0 atom stereocenters. The number of sulfonamides is 1. The van der Waals surface area contributed by atoms with E-state index in [1.807, 2.05) is 6.92 Å². The summed E-state index contributed by atoms with van der Waals surface area (Å²) in [5.74, 6) is 0.529. The topological polar surface area (TPSA) is 115 Å². The van der Waals surface area contributed by atoms with E-state index in [0.29, 0.717) is 62.8 Å². The smallest absolute Gasteiger partial charge is 0.254 e. The third-order valence-electron chi connectivity index (χ3n) is 4.93. The molecule has 0 aromatic carbocycles. The van der Waals surface area contributed by atoms with Crippen molar-refractivity contribution < 1.29 is 13.2 Å². The van der Waals surface area contributed by atoms with Crippen molar-refractivity contribution in [1.29, 1.82) is 0 Å². The van der Waals surface area contributed by atoms with Crippen molar-refractivity contribution in [3.63, 3.8) is 0 Å². The highest BCUT2D eigenvalue weighted by atomic mass is 32.2. The van der Waals surface area contributed by atoms with E-state index in [1.54, 1.807) is 18.2 Å². The quantitative estimate of drug-likeness (QED) is 0.579. The molecule has 28 heavy (non-hydrogen) atoms. The van der Waals surface area contributed by atoms with Gasteiger partial charge in [0.05, 0.1) is 17.9 Å². The van der Waals surface area contributed by atoms with Gasteiger partial charge >= 0.3 is 0 Å². The summed E-state index contributed by atoms with van der Waals surface area (Å²) < 4.78 is 26.0. The highest BCUT2D eigenvalue weighted by Crippen LogP contribution is 2.09. The SMILES string of the molecule is CCCCS(=O)(=O)N1CCN(CCNC(=O)Cc2nc(C)[nH]c(=O)c2C)CC1. The molecule has 1 aromatic rings. The number of carbonyl (C=O) groups excluding carboxylic acids is 1. The minimum Gasteiger partial charge on any atom is -0.354 e. The second kappa shape index (κ2) is 10.1. The van der Waals surface area contributed by atoms with Crippen molar-refractivity contribution in [2.45, 2.75) is 40.0 Å². The molecular weight excluding hydrogens is 382 g/mol. The Morgan fingerprint density at radius 1 is 1.21 bits per heavy atom. The molecule has 2 heterocycles. The molecule has 0 bridgehead atoms. The number of carbonyl (C=O) groups is 1. The zero-order valence-electron chi connectivity index (χ0n) is 17.0. The van der Waals surface area contributed by atoms with E-state index in [-0.39, 0.29) is 23.6 Å². The summed E-state index contributed by atoms with van der Waals surface area (Å²) in [6.07, 6.45) is 1.63. The van der Waals surface area contributed by atoms with E-state index in [1.165, 1.54) is 0 Å². The number of piperazine rings is 1. The van der Waals surface area contributed by atoms with Crippen LogP contribution < -0.4 is 10.9 Å². The maximum atomic E-state index is 12.2. The first-order valence-corrected chi connectivity index (χ1v) is 11.4. The van der Waals surface area contributed by atoms with Gasteiger partial charge in [-0.15, -0.1) is 0 Å². The van der Waals surface area contributed by atoms with Crippen LogP contribution >= 0.6 is 0 Å². The minimum atomic E-state index is -3.15. The molecule has 158 valence electrons. The predicted octanol–water partition coefficient (Wildman–Crippen LogP) is -0.207. The highest BCUT2D eigenvalue weighted by molar-refractivity contribution is 7.89. The first kappa shape index (κ1) is 22.5. The van der Waals surface area contributed by atoms with Gasteiger partial charge in [0.15, 0.2) is 0 Å². The number of hydrogen-bond acceptors (Lipinski definition) is 6. The Kier molecular flexibility index (Phi) is 8.14. The van der Waals surface area contributed by atoms with Crippen LogP contribution in [0.3, 0.4) is 0 Å². The molecule has 0 radical (unpaired) electrons. The summed E-state index contributed by atoms with van der Waals surface area (Å²) in [4.78, 5) is 32.9. The number of amides is 1. The van der Waals surface area contributed by atoms with Crippen LogP contribution in [0.15, 0.2) is 4.79 Å². The van der Waals surface area contributed by atoms with Gasteiger partial charge in [0, 0.05) is 44.8 Å². The van der Waals surface area contributed by atoms with E-state index in [4.69, 9.17) is 0 Å². The Hall–Kier alpha value is -1.78. The van der Waals surface area contributed by atoms with Crippen LogP contribution in [-0.4, -0.2) is 78.5 Å². The Balaban J connectivity index is 1.73. The number of rotatable bonds is 9. The third kappa shape index (κ3) is 6.39. The lowest BCUT2D eigenvalue weighted by atomic mass is 10.2. The van der Waals surface area contributed by atoms with Crippen LogP contribution in [0.2, 0.25) is 0 Å². The average molecular weight is 414 g/mol. The van der Waals surface area contributed by atoms with Gasteiger partial charge in [-0.1, -0.05) is 13.3 Å². The molecule has 2 rings (SSSR count). The standard InChI is InChI=1S/C18H31N5O4S/c1-4-5-12-28(26,27)23-10-8-22(9-11-23)7-6-19-17(24)13-16-14(2)18(25)21-15(3)20-16/h4-13H2,1-3H3,(H,19,24)(H,20,21,25). The van der Waals surface area contributed by atoms with Gasteiger partial charge in [-0.2, -0.15) is 4.31 Å². The van der Waals surface area contributed by atoms with E-state index >= 15 is 0 Å². The average Bonchev–Trinajstić information content (AvgIpc) is 2.64. The highest BCUT2D eigenvalue weighted by Gasteiger charge is 2.26. The maximum Gasteiger partial charge on any atom is 0.254 e. The van der Waals surface area contributed by atoms with Crippen LogP contribution in [0, 0.1) is 13.8 Å². The molecule has 1 aliphatic rings. The van der Waals surface area contributed by atoms with Crippen LogP contribution in [-0.2, 0) is 21.2 Å². The molecule has 2 N–H and O–H groups in total. The second-order valence-corrected chi connectivity index (χ2v) is 9.25.